The van der Waals surface area contributed by atoms with Gasteiger partial charge in [0.2, 0.25) is 5.91 Å². The number of rotatable bonds is 5. The highest BCUT2D eigenvalue weighted by Crippen LogP contribution is 2.35. The first-order valence-corrected chi connectivity index (χ1v) is 8.05. The van der Waals surface area contributed by atoms with E-state index in [1.807, 2.05) is 18.2 Å². The van der Waals surface area contributed by atoms with E-state index in [4.69, 9.17) is 10.5 Å². The Morgan fingerprint density at radius 3 is 2.75 bits per heavy atom. The number of nitrogens with two attached hydrogens (primary N) is 1. The molecule has 5 nitrogen and oxygen atoms in total. The normalized spacial score (nSPS) is 15.9. The summed E-state index contributed by atoms with van der Waals surface area (Å²) in [5.41, 5.74) is 7.22. The molecule has 0 aromatic heterocycles. The van der Waals surface area contributed by atoms with Crippen molar-refractivity contribution < 1.29 is 14.3 Å². The van der Waals surface area contributed by atoms with Crippen LogP contribution in [-0.2, 0) is 0 Å². The van der Waals surface area contributed by atoms with Gasteiger partial charge in [-0.1, -0.05) is 24.3 Å². The van der Waals surface area contributed by atoms with E-state index in [2.05, 4.69) is 11.4 Å². The molecule has 0 spiro atoms. The summed E-state index contributed by atoms with van der Waals surface area (Å²) in [6, 6.07) is 14.5. The molecule has 0 bridgehead atoms. The summed E-state index contributed by atoms with van der Waals surface area (Å²) in [7, 11) is 0. The van der Waals surface area contributed by atoms with Crippen LogP contribution in [0.2, 0.25) is 0 Å². The highest BCUT2D eigenvalue weighted by atomic mass is 16.5. The van der Waals surface area contributed by atoms with Gasteiger partial charge in [-0.3, -0.25) is 9.59 Å². The van der Waals surface area contributed by atoms with Crippen molar-refractivity contribution >= 4 is 11.8 Å². The lowest BCUT2D eigenvalue weighted by Gasteiger charge is -2.25. The number of hydrogen-bond donors (Lipinski definition) is 2. The third kappa shape index (κ3) is 3.56. The predicted molar refractivity (Wildman–Crippen MR) is 91.2 cm³/mol. The second-order valence-corrected chi connectivity index (χ2v) is 5.86. The first kappa shape index (κ1) is 16.1. The van der Waals surface area contributed by atoms with Crippen LogP contribution in [0.15, 0.2) is 48.5 Å². The highest BCUT2D eigenvalue weighted by molar-refractivity contribution is 5.99. The Kier molecular flexibility index (Phi) is 4.79. The van der Waals surface area contributed by atoms with Gasteiger partial charge in [-0.2, -0.15) is 0 Å². The first-order chi connectivity index (χ1) is 11.6. The van der Waals surface area contributed by atoms with Crippen LogP contribution in [-0.4, -0.2) is 25.0 Å². The number of carbonyl (C=O) groups excluding carboxylic acids is 2. The monoisotopic (exact) mass is 324 g/mol. The summed E-state index contributed by atoms with van der Waals surface area (Å²) in [5.74, 6) is 0.586. The van der Waals surface area contributed by atoms with Crippen molar-refractivity contribution in [3.63, 3.8) is 0 Å². The minimum Gasteiger partial charge on any atom is -0.493 e. The van der Waals surface area contributed by atoms with Gasteiger partial charge in [-0.25, -0.2) is 0 Å². The molecule has 0 aliphatic carbocycles. The number of primary amides is 1. The van der Waals surface area contributed by atoms with E-state index in [-0.39, 0.29) is 5.91 Å². The zero-order valence-electron chi connectivity index (χ0n) is 13.3. The predicted octanol–water partition coefficient (Wildman–Crippen LogP) is 2.47. The molecule has 0 fully saturated rings. The minimum absolute atomic E-state index is 0.196. The molecule has 2 aromatic rings. The summed E-state index contributed by atoms with van der Waals surface area (Å²) < 4.78 is 5.65. The fraction of sp³-hybridized carbons (Fsp3) is 0.263. The molecule has 1 atom stereocenters. The van der Waals surface area contributed by atoms with Crippen LogP contribution in [0.3, 0.4) is 0 Å². The first-order valence-electron chi connectivity index (χ1n) is 8.05. The van der Waals surface area contributed by atoms with E-state index in [0.717, 1.165) is 18.6 Å². The lowest BCUT2D eigenvalue weighted by atomic mass is 9.90. The Bertz CT molecular complexity index is 758. The quantitative estimate of drug-likeness (QED) is 0.886. The lowest BCUT2D eigenvalue weighted by molar-refractivity contribution is 0.0952. The minimum atomic E-state index is -0.538. The van der Waals surface area contributed by atoms with E-state index in [0.29, 0.717) is 30.2 Å². The smallest absolute Gasteiger partial charge is 0.251 e. The molecule has 0 radical (unpaired) electrons. The van der Waals surface area contributed by atoms with Crippen molar-refractivity contribution in [2.45, 2.75) is 18.8 Å². The maximum Gasteiger partial charge on any atom is 0.251 e. The van der Waals surface area contributed by atoms with Gasteiger partial charge in [0.05, 0.1) is 6.61 Å². The Hall–Kier alpha value is -2.82. The lowest BCUT2D eigenvalue weighted by Crippen LogP contribution is -2.27. The van der Waals surface area contributed by atoms with E-state index in [9.17, 15) is 9.59 Å². The van der Waals surface area contributed by atoms with Gasteiger partial charge in [-0.05, 0) is 48.6 Å². The van der Waals surface area contributed by atoms with Crippen LogP contribution in [0.5, 0.6) is 5.75 Å². The maximum absolute atomic E-state index is 12.2. The van der Waals surface area contributed by atoms with Crippen molar-refractivity contribution in [1.82, 2.24) is 5.32 Å². The van der Waals surface area contributed by atoms with Gasteiger partial charge < -0.3 is 15.8 Å². The molecule has 1 unspecified atom stereocenters. The highest BCUT2D eigenvalue weighted by Gasteiger charge is 2.20. The largest absolute Gasteiger partial charge is 0.493 e. The molecule has 0 saturated heterocycles. The molecule has 2 aromatic carbocycles. The number of para-hydroxylation sites is 1. The van der Waals surface area contributed by atoms with Crippen molar-refractivity contribution in [2.24, 2.45) is 5.73 Å². The van der Waals surface area contributed by atoms with Crippen molar-refractivity contribution in [3.8, 4) is 5.75 Å². The van der Waals surface area contributed by atoms with E-state index < -0.39 is 5.91 Å². The molecule has 2 amide bonds. The molecule has 0 saturated carbocycles. The molecule has 24 heavy (non-hydrogen) atoms. The third-order valence-corrected chi connectivity index (χ3v) is 4.27. The molecule has 1 heterocycles. The van der Waals surface area contributed by atoms with Gasteiger partial charge in [0, 0.05) is 17.7 Å². The van der Waals surface area contributed by atoms with Gasteiger partial charge in [0.1, 0.15) is 5.75 Å². The molecule has 1 aliphatic rings. The van der Waals surface area contributed by atoms with Crippen molar-refractivity contribution in [2.75, 3.05) is 13.2 Å². The van der Waals surface area contributed by atoms with Gasteiger partial charge in [0.25, 0.3) is 5.91 Å². The molecule has 3 N–H and O–H groups in total. The van der Waals surface area contributed by atoms with Gasteiger partial charge in [-0.15, -0.1) is 0 Å². The topological polar surface area (TPSA) is 81.4 Å². The Balaban J connectivity index is 1.58. The summed E-state index contributed by atoms with van der Waals surface area (Å²) in [5, 5.41) is 2.91. The Morgan fingerprint density at radius 1 is 1.12 bits per heavy atom. The Labute approximate surface area is 140 Å². The standard InChI is InChI=1S/C19H20N2O3/c20-18(22)14-4-3-5-15(12-14)19(23)21-10-8-13-9-11-24-17-7-2-1-6-16(13)17/h1-7,12-13H,8-11H2,(H2,20,22)(H,21,23). The number of fused-ring (bicyclic) bond motifs is 1. The van der Waals surface area contributed by atoms with E-state index >= 15 is 0 Å². The van der Waals surface area contributed by atoms with Crippen LogP contribution in [0, 0.1) is 0 Å². The number of benzene rings is 2. The van der Waals surface area contributed by atoms with Gasteiger partial charge >= 0.3 is 0 Å². The van der Waals surface area contributed by atoms with Gasteiger partial charge in [0.15, 0.2) is 0 Å². The van der Waals surface area contributed by atoms with Crippen LogP contribution in [0.4, 0.5) is 0 Å². The van der Waals surface area contributed by atoms with Crippen LogP contribution in [0.1, 0.15) is 45.0 Å². The molecular formula is C19H20N2O3. The maximum atomic E-state index is 12.2. The summed E-state index contributed by atoms with van der Waals surface area (Å²) in [6.45, 7) is 1.27. The zero-order valence-corrected chi connectivity index (χ0v) is 13.3. The van der Waals surface area contributed by atoms with E-state index in [1.54, 1.807) is 18.2 Å². The number of amides is 2. The second-order valence-electron chi connectivity index (χ2n) is 5.86. The van der Waals surface area contributed by atoms with Crippen LogP contribution in [0.25, 0.3) is 0 Å². The second kappa shape index (κ2) is 7.17. The molecule has 124 valence electrons. The van der Waals surface area contributed by atoms with Crippen LogP contribution >= 0.6 is 0 Å². The summed E-state index contributed by atoms with van der Waals surface area (Å²) in [6.07, 6.45) is 1.80. The average molecular weight is 324 g/mol. The number of carbonyl (C=O) groups is 2. The fourth-order valence-electron chi connectivity index (χ4n) is 2.99. The number of nitrogens with one attached hydrogen (secondary N) is 1. The Morgan fingerprint density at radius 2 is 1.92 bits per heavy atom. The van der Waals surface area contributed by atoms with Crippen molar-refractivity contribution in [1.29, 1.82) is 0 Å². The summed E-state index contributed by atoms with van der Waals surface area (Å²) >= 11 is 0. The number of hydrogen-bond acceptors (Lipinski definition) is 3. The zero-order chi connectivity index (χ0) is 16.9. The van der Waals surface area contributed by atoms with Crippen molar-refractivity contribution in [3.05, 3.63) is 65.2 Å². The number of ether oxygens (including phenoxy) is 1. The molecule has 5 heteroatoms. The molecule has 1 aliphatic heterocycles. The molecular weight excluding hydrogens is 304 g/mol. The van der Waals surface area contributed by atoms with Crippen LogP contribution < -0.4 is 15.8 Å². The summed E-state index contributed by atoms with van der Waals surface area (Å²) in [4.78, 5) is 23.4. The average Bonchev–Trinajstić information content (AvgIpc) is 2.62. The SMILES string of the molecule is NC(=O)c1cccc(C(=O)NCCC2CCOc3ccccc32)c1. The molecule has 3 rings (SSSR count). The van der Waals surface area contributed by atoms with E-state index in [1.165, 1.54) is 11.6 Å². The fourth-order valence-corrected chi connectivity index (χ4v) is 2.99. The third-order valence-electron chi connectivity index (χ3n) is 4.27.